The second-order valence-corrected chi connectivity index (χ2v) is 14.1. The zero-order chi connectivity index (χ0) is 32.4. The summed E-state index contributed by atoms with van der Waals surface area (Å²) in [5, 5.41) is 2.51. The second kappa shape index (κ2) is 11.1. The molecule has 9 rings (SSSR count). The lowest BCUT2D eigenvalue weighted by Crippen LogP contribution is -2.16. The highest BCUT2D eigenvalue weighted by molar-refractivity contribution is 9.10. The van der Waals surface area contributed by atoms with Crippen LogP contribution in [0, 0.1) is 0 Å². The summed E-state index contributed by atoms with van der Waals surface area (Å²) in [5.74, 6) is 0. The van der Waals surface area contributed by atoms with E-state index in [1.807, 2.05) is 0 Å². The molecule has 0 bridgehead atoms. The van der Waals surface area contributed by atoms with Gasteiger partial charge in [-0.1, -0.05) is 139 Å². The van der Waals surface area contributed by atoms with E-state index in [4.69, 9.17) is 0 Å². The number of aromatic nitrogens is 1. The number of nitrogens with zero attached hydrogens (tertiary/aromatic N) is 2. The van der Waals surface area contributed by atoms with Crippen LogP contribution in [0.15, 0.2) is 168 Å². The van der Waals surface area contributed by atoms with Crippen LogP contribution in [-0.4, -0.2) is 4.57 Å². The van der Waals surface area contributed by atoms with E-state index in [9.17, 15) is 0 Å². The van der Waals surface area contributed by atoms with Crippen LogP contribution in [0.2, 0.25) is 0 Å². The Labute approximate surface area is 289 Å². The van der Waals surface area contributed by atoms with Gasteiger partial charge in [0.1, 0.15) is 0 Å². The fourth-order valence-corrected chi connectivity index (χ4v) is 8.20. The molecule has 0 aliphatic heterocycles. The lowest BCUT2D eigenvalue weighted by Gasteiger charge is -2.29. The third-order valence-corrected chi connectivity index (χ3v) is 10.5. The third-order valence-electron chi connectivity index (χ3n) is 10.0. The van der Waals surface area contributed by atoms with Gasteiger partial charge in [-0.15, -0.1) is 0 Å². The van der Waals surface area contributed by atoms with Gasteiger partial charge in [-0.2, -0.15) is 0 Å². The molecular formula is C45H33BrN2. The molecule has 0 atom stereocenters. The van der Waals surface area contributed by atoms with Gasteiger partial charge < -0.3 is 9.47 Å². The summed E-state index contributed by atoms with van der Waals surface area (Å²) in [6, 6.07) is 59.5. The highest BCUT2D eigenvalue weighted by Gasteiger charge is 2.35. The molecule has 0 unspecified atom stereocenters. The van der Waals surface area contributed by atoms with Crippen LogP contribution in [-0.2, 0) is 5.41 Å². The van der Waals surface area contributed by atoms with Crippen LogP contribution >= 0.6 is 15.9 Å². The standard InChI is InChI=1S/C45H33BrN2/c1-45(2)41-17-9-6-14-37(41)38-25-24-34(29-42(38)45)47(33-22-20-31(21-23-33)30-12-4-3-5-13-30)35-26-32(46)27-36(28-35)48-43-18-10-7-15-39(43)40-16-8-11-19-44(40)48/h3-29H,1-2H3. The van der Waals surface area contributed by atoms with Gasteiger partial charge in [0.2, 0.25) is 0 Å². The molecule has 1 heterocycles. The number of rotatable bonds is 5. The Hall–Kier alpha value is -5.38. The van der Waals surface area contributed by atoms with Crippen LogP contribution in [0.3, 0.4) is 0 Å². The quantitative estimate of drug-likeness (QED) is 0.176. The maximum Gasteiger partial charge on any atom is 0.0541 e. The Balaban J connectivity index is 1.25. The molecule has 8 aromatic rings. The van der Waals surface area contributed by atoms with Crippen LogP contribution in [0.5, 0.6) is 0 Å². The molecular weight excluding hydrogens is 648 g/mol. The minimum Gasteiger partial charge on any atom is -0.310 e. The van der Waals surface area contributed by atoms with Gasteiger partial charge in [-0.25, -0.2) is 0 Å². The highest BCUT2D eigenvalue weighted by atomic mass is 79.9. The van der Waals surface area contributed by atoms with Crippen molar-refractivity contribution < 1.29 is 0 Å². The average Bonchev–Trinajstić information content (AvgIpc) is 3.58. The predicted octanol–water partition coefficient (Wildman–Crippen LogP) is 13.0. The molecule has 1 aliphatic rings. The van der Waals surface area contributed by atoms with Crippen molar-refractivity contribution in [3.05, 3.63) is 179 Å². The molecule has 0 radical (unpaired) electrons. The number of anilines is 3. The molecule has 2 nitrogen and oxygen atoms in total. The number of benzene rings is 7. The largest absolute Gasteiger partial charge is 0.310 e. The van der Waals surface area contributed by atoms with Gasteiger partial charge in [0.25, 0.3) is 0 Å². The molecule has 1 aliphatic carbocycles. The van der Waals surface area contributed by atoms with Gasteiger partial charge in [-0.05, 0) is 88.0 Å². The van der Waals surface area contributed by atoms with Crippen molar-refractivity contribution in [2.45, 2.75) is 19.3 Å². The molecule has 48 heavy (non-hydrogen) atoms. The summed E-state index contributed by atoms with van der Waals surface area (Å²) in [6.45, 7) is 4.69. The van der Waals surface area contributed by atoms with Crippen LogP contribution < -0.4 is 4.90 Å². The third kappa shape index (κ3) is 4.53. The van der Waals surface area contributed by atoms with E-state index < -0.39 is 0 Å². The number of hydrogen-bond acceptors (Lipinski definition) is 1. The average molecular weight is 682 g/mol. The zero-order valence-corrected chi connectivity index (χ0v) is 28.4. The number of para-hydroxylation sites is 2. The number of halogens is 1. The Bertz CT molecular complexity index is 2440. The second-order valence-electron chi connectivity index (χ2n) is 13.2. The van der Waals surface area contributed by atoms with Gasteiger partial charge in [-0.3, -0.25) is 0 Å². The Morgan fingerprint density at radius 3 is 1.79 bits per heavy atom. The molecule has 0 saturated heterocycles. The maximum atomic E-state index is 3.93. The molecule has 0 N–H and O–H groups in total. The fourth-order valence-electron chi connectivity index (χ4n) is 7.73. The SMILES string of the molecule is CC1(C)c2ccccc2-c2ccc(N(c3ccc(-c4ccccc4)cc3)c3cc(Br)cc(-n4c5ccccc5c5ccccc54)c3)cc21. The lowest BCUT2D eigenvalue weighted by atomic mass is 9.82. The molecule has 7 aromatic carbocycles. The molecule has 0 spiro atoms. The van der Waals surface area contributed by atoms with Crippen LogP contribution in [0.4, 0.5) is 17.1 Å². The topological polar surface area (TPSA) is 8.17 Å². The van der Waals surface area contributed by atoms with E-state index in [2.05, 4.69) is 203 Å². The summed E-state index contributed by atoms with van der Waals surface area (Å²) < 4.78 is 3.41. The number of hydrogen-bond donors (Lipinski definition) is 0. The first-order chi connectivity index (χ1) is 23.5. The van der Waals surface area contributed by atoms with E-state index in [1.54, 1.807) is 0 Å². The van der Waals surface area contributed by atoms with Crippen LogP contribution in [0.1, 0.15) is 25.0 Å². The normalized spacial score (nSPS) is 13.1. The van der Waals surface area contributed by atoms with Gasteiger partial charge in [0, 0.05) is 43.4 Å². The van der Waals surface area contributed by atoms with Crippen molar-refractivity contribution >= 4 is 54.8 Å². The van der Waals surface area contributed by atoms with E-state index in [1.165, 1.54) is 55.2 Å². The summed E-state index contributed by atoms with van der Waals surface area (Å²) in [4.78, 5) is 2.40. The summed E-state index contributed by atoms with van der Waals surface area (Å²) in [5.41, 5.74) is 14.5. The molecule has 0 amide bonds. The molecule has 0 fully saturated rings. The van der Waals surface area contributed by atoms with Crippen molar-refractivity contribution in [3.8, 4) is 27.9 Å². The minimum atomic E-state index is -0.101. The Kier molecular flexibility index (Phi) is 6.67. The minimum absolute atomic E-state index is 0.101. The highest BCUT2D eigenvalue weighted by Crippen LogP contribution is 2.51. The molecule has 230 valence electrons. The van der Waals surface area contributed by atoms with Gasteiger partial charge in [0.05, 0.1) is 11.0 Å². The van der Waals surface area contributed by atoms with Crippen molar-refractivity contribution in [1.82, 2.24) is 4.57 Å². The van der Waals surface area contributed by atoms with E-state index in [0.29, 0.717) is 0 Å². The van der Waals surface area contributed by atoms with Crippen LogP contribution in [0.25, 0.3) is 49.7 Å². The van der Waals surface area contributed by atoms with Crippen molar-refractivity contribution in [2.24, 2.45) is 0 Å². The first kappa shape index (κ1) is 28.8. The number of fused-ring (bicyclic) bond motifs is 6. The first-order valence-electron chi connectivity index (χ1n) is 16.5. The Morgan fingerprint density at radius 2 is 1.06 bits per heavy atom. The zero-order valence-electron chi connectivity index (χ0n) is 26.9. The Morgan fingerprint density at radius 1 is 0.479 bits per heavy atom. The maximum absolute atomic E-state index is 3.93. The van der Waals surface area contributed by atoms with Gasteiger partial charge in [0.15, 0.2) is 0 Å². The molecule has 1 aromatic heterocycles. The molecule has 0 saturated carbocycles. The fraction of sp³-hybridized carbons (Fsp3) is 0.0667. The molecule has 3 heteroatoms. The van der Waals surface area contributed by atoms with Gasteiger partial charge >= 0.3 is 0 Å². The smallest absolute Gasteiger partial charge is 0.0541 e. The summed E-state index contributed by atoms with van der Waals surface area (Å²) >= 11 is 3.93. The summed E-state index contributed by atoms with van der Waals surface area (Å²) in [6.07, 6.45) is 0. The van der Waals surface area contributed by atoms with Crippen molar-refractivity contribution in [1.29, 1.82) is 0 Å². The van der Waals surface area contributed by atoms with E-state index in [0.717, 1.165) is 27.2 Å². The lowest BCUT2D eigenvalue weighted by molar-refractivity contribution is 0.660. The van der Waals surface area contributed by atoms with Crippen molar-refractivity contribution in [2.75, 3.05) is 4.90 Å². The summed E-state index contributed by atoms with van der Waals surface area (Å²) in [7, 11) is 0. The predicted molar refractivity (Wildman–Crippen MR) is 206 cm³/mol. The van der Waals surface area contributed by atoms with E-state index in [-0.39, 0.29) is 5.41 Å². The van der Waals surface area contributed by atoms with Crippen molar-refractivity contribution in [3.63, 3.8) is 0 Å². The monoisotopic (exact) mass is 680 g/mol. The first-order valence-corrected chi connectivity index (χ1v) is 17.3. The van der Waals surface area contributed by atoms with E-state index >= 15 is 0 Å².